The third-order valence-electron chi connectivity index (χ3n) is 5.09. The minimum Gasteiger partial charge on any atom is -0.338 e. The Hall–Kier alpha value is -3.42. The van der Waals surface area contributed by atoms with Crippen molar-refractivity contribution in [2.75, 3.05) is 13.1 Å². The van der Waals surface area contributed by atoms with Crippen molar-refractivity contribution in [1.29, 1.82) is 0 Å². The molecular weight excluding hydrogens is 358 g/mol. The number of carbonyl (C=O) groups excluding carboxylic acids is 1. The number of carbonyl (C=O) groups is 1. The largest absolute Gasteiger partial charge is 0.350 e. The number of piperidine rings is 1. The van der Waals surface area contributed by atoms with Gasteiger partial charge in [-0.05, 0) is 37.1 Å². The third-order valence-corrected chi connectivity index (χ3v) is 5.09. The van der Waals surface area contributed by atoms with E-state index in [1.165, 1.54) is 16.9 Å². The van der Waals surface area contributed by atoms with Crippen LogP contribution in [-0.4, -0.2) is 43.2 Å². The van der Waals surface area contributed by atoms with Crippen LogP contribution in [0.5, 0.6) is 0 Å². The van der Waals surface area contributed by atoms with Crippen molar-refractivity contribution in [3.8, 4) is 5.69 Å². The summed E-state index contributed by atoms with van der Waals surface area (Å²) in [4.78, 5) is 41.7. The summed E-state index contributed by atoms with van der Waals surface area (Å²) in [5.74, 6) is 0.254. The van der Waals surface area contributed by atoms with Crippen molar-refractivity contribution in [2.45, 2.75) is 18.8 Å². The number of rotatable bonds is 3. The van der Waals surface area contributed by atoms with Crippen molar-refractivity contribution < 1.29 is 4.79 Å². The van der Waals surface area contributed by atoms with Gasteiger partial charge in [-0.15, -0.1) is 0 Å². The van der Waals surface area contributed by atoms with Crippen LogP contribution in [0.2, 0.25) is 0 Å². The molecule has 1 unspecified atom stereocenters. The Morgan fingerprint density at radius 2 is 1.93 bits per heavy atom. The molecule has 4 rings (SSSR count). The van der Waals surface area contributed by atoms with Gasteiger partial charge in [0.2, 0.25) is 0 Å². The Morgan fingerprint density at radius 1 is 1.14 bits per heavy atom. The topological polar surface area (TPSA) is 93.0 Å². The van der Waals surface area contributed by atoms with Gasteiger partial charge in [-0.2, -0.15) is 5.10 Å². The molecular formula is C20H21N5O3. The molecule has 2 aromatic heterocycles. The molecule has 1 aliphatic heterocycles. The number of amides is 1. The highest BCUT2D eigenvalue weighted by atomic mass is 16.2. The summed E-state index contributed by atoms with van der Waals surface area (Å²) >= 11 is 0. The summed E-state index contributed by atoms with van der Waals surface area (Å²) in [7, 11) is 1.63. The van der Waals surface area contributed by atoms with Crippen molar-refractivity contribution in [2.24, 2.45) is 7.05 Å². The lowest BCUT2D eigenvalue weighted by Crippen LogP contribution is -2.41. The fraction of sp³-hybridized carbons (Fsp3) is 0.300. The molecule has 8 nitrogen and oxygen atoms in total. The number of aromatic nitrogens is 4. The van der Waals surface area contributed by atoms with E-state index in [2.05, 4.69) is 10.1 Å². The van der Waals surface area contributed by atoms with Crippen molar-refractivity contribution >= 4 is 5.91 Å². The quantitative estimate of drug-likeness (QED) is 0.742. The highest BCUT2D eigenvalue weighted by Crippen LogP contribution is 2.27. The second-order valence-corrected chi connectivity index (χ2v) is 6.94. The van der Waals surface area contributed by atoms with Crippen LogP contribution in [0.25, 0.3) is 5.69 Å². The smallest absolute Gasteiger partial charge is 0.338 e. The molecule has 28 heavy (non-hydrogen) atoms. The number of benzene rings is 1. The van der Waals surface area contributed by atoms with Gasteiger partial charge in [0, 0.05) is 32.3 Å². The van der Waals surface area contributed by atoms with Crippen molar-refractivity contribution in [3.63, 3.8) is 0 Å². The van der Waals surface area contributed by atoms with Gasteiger partial charge in [0.25, 0.3) is 11.5 Å². The molecule has 0 bridgehead atoms. The minimum atomic E-state index is -0.395. The lowest BCUT2D eigenvalue weighted by molar-refractivity contribution is 0.0702. The Labute approximate surface area is 161 Å². The fourth-order valence-corrected chi connectivity index (χ4v) is 3.70. The monoisotopic (exact) mass is 379 g/mol. The Bertz CT molecular complexity index is 1110. The van der Waals surface area contributed by atoms with Crippen LogP contribution < -0.4 is 11.2 Å². The molecule has 1 aromatic carbocycles. The summed E-state index contributed by atoms with van der Waals surface area (Å²) in [5, 5.41) is 4.46. The molecule has 8 heteroatoms. The van der Waals surface area contributed by atoms with Crippen molar-refractivity contribution in [1.82, 2.24) is 24.2 Å². The van der Waals surface area contributed by atoms with Gasteiger partial charge < -0.3 is 9.88 Å². The number of hydrogen-bond donors (Lipinski definition) is 1. The fourth-order valence-electron chi connectivity index (χ4n) is 3.70. The number of para-hydroxylation sites is 1. The third kappa shape index (κ3) is 3.17. The van der Waals surface area contributed by atoms with Gasteiger partial charge in [-0.1, -0.05) is 18.2 Å². The number of aromatic amines is 1. The van der Waals surface area contributed by atoms with E-state index in [0.717, 1.165) is 18.5 Å². The molecule has 1 atom stereocenters. The Kier molecular flexibility index (Phi) is 4.68. The highest BCUT2D eigenvalue weighted by Gasteiger charge is 2.30. The number of nitrogens with one attached hydrogen (secondary N) is 1. The zero-order valence-electron chi connectivity index (χ0n) is 15.5. The maximum atomic E-state index is 12.8. The summed E-state index contributed by atoms with van der Waals surface area (Å²) in [6.07, 6.45) is 3.10. The predicted octanol–water partition coefficient (Wildman–Crippen LogP) is 1.28. The first-order valence-corrected chi connectivity index (χ1v) is 9.24. The van der Waals surface area contributed by atoms with E-state index in [-0.39, 0.29) is 23.1 Å². The number of hydrogen-bond acceptors (Lipinski definition) is 4. The van der Waals surface area contributed by atoms with Gasteiger partial charge in [0.05, 0.1) is 5.69 Å². The van der Waals surface area contributed by atoms with Crippen LogP contribution in [0.1, 0.15) is 34.9 Å². The lowest BCUT2D eigenvalue weighted by atomic mass is 9.96. The van der Waals surface area contributed by atoms with E-state index < -0.39 is 5.56 Å². The molecule has 0 aliphatic carbocycles. The van der Waals surface area contributed by atoms with E-state index in [1.54, 1.807) is 22.6 Å². The molecule has 1 amide bonds. The number of likely N-dealkylation sites (tertiary alicyclic amines) is 1. The maximum Gasteiger partial charge on any atom is 0.350 e. The second kappa shape index (κ2) is 7.30. The van der Waals surface area contributed by atoms with E-state index >= 15 is 0 Å². The van der Waals surface area contributed by atoms with Crippen LogP contribution in [0.3, 0.4) is 0 Å². The minimum absolute atomic E-state index is 0.0883. The molecule has 1 N–H and O–H groups in total. The normalized spacial score (nSPS) is 16.9. The molecule has 0 spiro atoms. The molecule has 1 fully saturated rings. The first-order chi connectivity index (χ1) is 13.6. The molecule has 1 saturated heterocycles. The van der Waals surface area contributed by atoms with Gasteiger partial charge in [0.15, 0.2) is 0 Å². The van der Waals surface area contributed by atoms with Crippen LogP contribution in [0.4, 0.5) is 0 Å². The summed E-state index contributed by atoms with van der Waals surface area (Å²) in [6.45, 7) is 0.989. The number of aryl methyl sites for hydroxylation is 1. The first-order valence-electron chi connectivity index (χ1n) is 9.24. The lowest BCUT2D eigenvalue weighted by Gasteiger charge is -2.32. The Balaban J connectivity index is 1.67. The predicted molar refractivity (Wildman–Crippen MR) is 104 cm³/mol. The molecule has 3 aromatic rings. The highest BCUT2D eigenvalue weighted by molar-refractivity contribution is 5.93. The first kappa shape index (κ1) is 18.0. The standard InChI is InChI=1S/C20H21N5O3/c1-23-20(28)25(15-8-3-2-4-9-15)17(22-23)14-7-6-12-24(13-14)19(27)16-10-5-11-21-18(16)26/h2-5,8-11,14H,6-7,12-13H2,1H3,(H,21,26). The van der Waals surface area contributed by atoms with E-state index in [0.29, 0.717) is 18.9 Å². The number of nitrogens with zero attached hydrogens (tertiary/aromatic N) is 4. The van der Waals surface area contributed by atoms with Gasteiger partial charge in [-0.3, -0.25) is 9.59 Å². The van der Waals surface area contributed by atoms with E-state index in [9.17, 15) is 14.4 Å². The summed E-state index contributed by atoms with van der Waals surface area (Å²) < 4.78 is 2.93. The van der Waals surface area contributed by atoms with Crippen molar-refractivity contribution in [3.05, 3.63) is 80.9 Å². The molecule has 144 valence electrons. The van der Waals surface area contributed by atoms with Crippen LogP contribution in [0, 0.1) is 0 Å². The summed E-state index contributed by atoms with van der Waals surface area (Å²) in [6, 6.07) is 12.5. The average molecular weight is 379 g/mol. The molecule has 0 radical (unpaired) electrons. The Morgan fingerprint density at radius 3 is 2.68 bits per heavy atom. The molecule has 0 saturated carbocycles. The number of pyridine rings is 1. The van der Waals surface area contributed by atoms with E-state index in [4.69, 9.17) is 0 Å². The molecule has 3 heterocycles. The van der Waals surface area contributed by atoms with Crippen LogP contribution in [0.15, 0.2) is 58.3 Å². The van der Waals surface area contributed by atoms with Crippen LogP contribution in [-0.2, 0) is 7.05 Å². The maximum absolute atomic E-state index is 12.8. The number of H-pyrrole nitrogens is 1. The van der Waals surface area contributed by atoms with Crippen LogP contribution >= 0.6 is 0 Å². The summed E-state index contributed by atoms with van der Waals surface area (Å²) in [5.41, 5.74) is 0.265. The zero-order chi connectivity index (χ0) is 19.7. The van der Waals surface area contributed by atoms with Gasteiger partial charge in [-0.25, -0.2) is 14.0 Å². The zero-order valence-corrected chi connectivity index (χ0v) is 15.5. The average Bonchev–Trinajstić information content (AvgIpc) is 3.03. The van der Waals surface area contributed by atoms with Gasteiger partial charge >= 0.3 is 5.69 Å². The second-order valence-electron chi connectivity index (χ2n) is 6.94. The SMILES string of the molecule is Cn1nc(C2CCCN(C(=O)c3ccc[nH]c3=O)C2)n(-c2ccccc2)c1=O. The van der Waals surface area contributed by atoms with Gasteiger partial charge in [0.1, 0.15) is 11.4 Å². The van der Waals surface area contributed by atoms with E-state index in [1.807, 2.05) is 30.3 Å². The molecule has 1 aliphatic rings.